The van der Waals surface area contributed by atoms with E-state index in [1.54, 1.807) is 7.11 Å². The minimum atomic E-state index is -0.220. The van der Waals surface area contributed by atoms with Crippen LogP contribution in [0, 0.1) is 25.6 Å². The zero-order chi connectivity index (χ0) is 18.7. The van der Waals surface area contributed by atoms with Crippen LogP contribution >= 0.6 is 0 Å². The van der Waals surface area contributed by atoms with Crippen LogP contribution in [-0.4, -0.2) is 47.3 Å². The first-order valence-corrected chi connectivity index (χ1v) is 9.03. The predicted octanol–water partition coefficient (Wildman–Crippen LogP) is 2.81. The molecule has 1 saturated heterocycles. The third-order valence-corrected chi connectivity index (χ3v) is 5.37. The van der Waals surface area contributed by atoms with E-state index in [1.165, 1.54) is 12.1 Å². The monoisotopic (exact) mass is 359 g/mol. The molecular weight excluding hydrogens is 333 g/mol. The van der Waals surface area contributed by atoms with Gasteiger partial charge in [0.15, 0.2) is 0 Å². The molecule has 2 atom stereocenters. The summed E-state index contributed by atoms with van der Waals surface area (Å²) < 4.78 is 18.8. The smallest absolute Gasteiger partial charge is 0.227 e. The number of hydrogen-bond acceptors (Lipinski definition) is 3. The Morgan fingerprint density at radius 3 is 2.69 bits per heavy atom. The first-order chi connectivity index (χ1) is 12.5. The lowest BCUT2D eigenvalue weighted by Gasteiger charge is -2.38. The zero-order valence-electron chi connectivity index (χ0n) is 15.6. The summed E-state index contributed by atoms with van der Waals surface area (Å²) >= 11 is 0. The average molecular weight is 359 g/mol. The van der Waals surface area contributed by atoms with Gasteiger partial charge in [0, 0.05) is 31.5 Å². The number of benzene rings is 1. The van der Waals surface area contributed by atoms with Crippen molar-refractivity contribution in [3.63, 3.8) is 0 Å². The van der Waals surface area contributed by atoms with Crippen LogP contribution in [0.3, 0.4) is 0 Å². The van der Waals surface area contributed by atoms with Gasteiger partial charge in [0.2, 0.25) is 5.91 Å². The molecule has 26 heavy (non-hydrogen) atoms. The Morgan fingerprint density at radius 1 is 1.35 bits per heavy atom. The van der Waals surface area contributed by atoms with Crippen LogP contribution in [0.4, 0.5) is 4.39 Å². The normalized spacial score (nSPS) is 20.4. The van der Waals surface area contributed by atoms with E-state index in [0.29, 0.717) is 18.9 Å². The third-order valence-electron chi connectivity index (χ3n) is 5.37. The maximum Gasteiger partial charge on any atom is 0.227 e. The Labute approximate surface area is 153 Å². The molecule has 3 rings (SSSR count). The van der Waals surface area contributed by atoms with Gasteiger partial charge in [-0.05, 0) is 50.3 Å². The first-order valence-electron chi connectivity index (χ1n) is 9.03. The molecule has 1 aromatic carbocycles. The van der Waals surface area contributed by atoms with Gasteiger partial charge in [0.05, 0.1) is 18.2 Å². The Morgan fingerprint density at radius 2 is 2.08 bits per heavy atom. The number of ether oxygens (including phenoxy) is 1. The van der Waals surface area contributed by atoms with Crippen LogP contribution in [0.2, 0.25) is 0 Å². The number of methoxy groups -OCH3 is 1. The van der Waals surface area contributed by atoms with E-state index in [0.717, 1.165) is 41.9 Å². The standard InChI is InChI=1S/C20H26FN3O2/c1-13-18(14(2)23-22-13)11-20(25)24-9-8-16(19(12-24)26-3)10-15-4-6-17(21)7-5-15/h4-7,16,19H,8-12H2,1-3H3,(H,22,23)/t16-,19-/m1/s1. The number of piperidine rings is 1. The van der Waals surface area contributed by atoms with Gasteiger partial charge in [-0.1, -0.05) is 12.1 Å². The van der Waals surface area contributed by atoms with E-state index in [2.05, 4.69) is 10.2 Å². The second kappa shape index (κ2) is 7.99. The third kappa shape index (κ3) is 4.12. The number of aromatic nitrogens is 2. The molecule has 0 aliphatic carbocycles. The van der Waals surface area contributed by atoms with Crippen molar-refractivity contribution in [2.24, 2.45) is 5.92 Å². The maximum absolute atomic E-state index is 13.1. The molecule has 0 saturated carbocycles. The molecule has 140 valence electrons. The predicted molar refractivity (Wildman–Crippen MR) is 97.4 cm³/mol. The highest BCUT2D eigenvalue weighted by Crippen LogP contribution is 2.25. The van der Waals surface area contributed by atoms with Crippen molar-refractivity contribution in [1.29, 1.82) is 0 Å². The molecule has 1 N–H and O–H groups in total. The number of amides is 1. The van der Waals surface area contributed by atoms with Crippen molar-refractivity contribution in [3.05, 3.63) is 52.6 Å². The molecule has 0 bridgehead atoms. The lowest BCUT2D eigenvalue weighted by molar-refractivity contribution is -0.135. The molecule has 1 aliphatic rings. The van der Waals surface area contributed by atoms with Crippen LogP contribution in [0.15, 0.2) is 24.3 Å². The molecule has 2 aromatic rings. The summed E-state index contributed by atoms with van der Waals surface area (Å²) in [6.45, 7) is 5.17. The van der Waals surface area contributed by atoms with Crippen molar-refractivity contribution in [1.82, 2.24) is 15.1 Å². The minimum absolute atomic E-state index is 0.00991. The van der Waals surface area contributed by atoms with Gasteiger partial charge in [-0.15, -0.1) is 0 Å². The van der Waals surface area contributed by atoms with Crippen molar-refractivity contribution in [2.75, 3.05) is 20.2 Å². The maximum atomic E-state index is 13.1. The Balaban J connectivity index is 1.61. The molecule has 5 nitrogen and oxygen atoms in total. The van der Waals surface area contributed by atoms with Gasteiger partial charge >= 0.3 is 0 Å². The molecule has 0 unspecified atom stereocenters. The number of carbonyl (C=O) groups is 1. The highest BCUT2D eigenvalue weighted by molar-refractivity contribution is 5.79. The lowest BCUT2D eigenvalue weighted by atomic mass is 9.87. The summed E-state index contributed by atoms with van der Waals surface area (Å²) in [5.74, 6) is 0.217. The van der Waals surface area contributed by atoms with Crippen LogP contribution in [-0.2, 0) is 22.4 Å². The summed E-state index contributed by atoms with van der Waals surface area (Å²) in [6.07, 6.45) is 2.07. The van der Waals surface area contributed by atoms with Gasteiger partial charge < -0.3 is 9.64 Å². The van der Waals surface area contributed by atoms with Crippen molar-refractivity contribution in [3.8, 4) is 0 Å². The highest BCUT2D eigenvalue weighted by Gasteiger charge is 2.32. The van der Waals surface area contributed by atoms with Gasteiger partial charge in [0.25, 0.3) is 0 Å². The SMILES string of the molecule is CO[C@@H]1CN(C(=O)Cc2c(C)n[nH]c2C)CC[C@@H]1Cc1ccc(F)cc1. The number of carbonyl (C=O) groups excluding carboxylic acids is 1. The quantitative estimate of drug-likeness (QED) is 0.893. The van der Waals surface area contributed by atoms with Crippen LogP contribution in [0.25, 0.3) is 0 Å². The molecule has 0 spiro atoms. The average Bonchev–Trinajstić information content (AvgIpc) is 2.95. The number of nitrogens with zero attached hydrogens (tertiary/aromatic N) is 2. The first kappa shape index (κ1) is 18.6. The van der Waals surface area contributed by atoms with Gasteiger partial charge in [-0.25, -0.2) is 4.39 Å². The van der Waals surface area contributed by atoms with E-state index >= 15 is 0 Å². The fourth-order valence-electron chi connectivity index (χ4n) is 3.71. The molecular formula is C20H26FN3O2. The lowest BCUT2D eigenvalue weighted by Crippen LogP contribution is -2.48. The number of rotatable bonds is 5. The van der Waals surface area contributed by atoms with Crippen LogP contribution in [0.5, 0.6) is 0 Å². The number of likely N-dealkylation sites (tertiary alicyclic amines) is 1. The number of halogens is 1. The second-order valence-electron chi connectivity index (χ2n) is 7.08. The van der Waals surface area contributed by atoms with Crippen LogP contribution < -0.4 is 0 Å². The molecule has 0 radical (unpaired) electrons. The Kier molecular flexibility index (Phi) is 5.71. The van der Waals surface area contributed by atoms with Crippen molar-refractivity contribution in [2.45, 2.75) is 39.2 Å². The summed E-state index contributed by atoms with van der Waals surface area (Å²) in [5.41, 5.74) is 3.91. The summed E-state index contributed by atoms with van der Waals surface area (Å²) in [7, 11) is 1.70. The number of aromatic amines is 1. The number of hydrogen-bond donors (Lipinski definition) is 1. The number of aryl methyl sites for hydroxylation is 2. The number of nitrogens with one attached hydrogen (secondary N) is 1. The summed E-state index contributed by atoms with van der Waals surface area (Å²) in [5, 5.41) is 7.09. The molecule has 1 aliphatic heterocycles. The highest BCUT2D eigenvalue weighted by atomic mass is 19.1. The molecule has 1 amide bonds. The molecule has 1 fully saturated rings. The van der Waals surface area contributed by atoms with Crippen LogP contribution in [0.1, 0.15) is 28.9 Å². The van der Waals surface area contributed by atoms with E-state index in [1.807, 2.05) is 30.9 Å². The fraction of sp³-hybridized carbons (Fsp3) is 0.500. The van der Waals surface area contributed by atoms with Crippen molar-refractivity contribution < 1.29 is 13.9 Å². The largest absolute Gasteiger partial charge is 0.379 e. The van der Waals surface area contributed by atoms with E-state index in [9.17, 15) is 9.18 Å². The van der Waals surface area contributed by atoms with E-state index in [-0.39, 0.29) is 17.8 Å². The molecule has 2 heterocycles. The Hall–Kier alpha value is -2.21. The van der Waals surface area contributed by atoms with Gasteiger partial charge in [-0.3, -0.25) is 9.89 Å². The van der Waals surface area contributed by atoms with Gasteiger partial charge in [0.1, 0.15) is 5.82 Å². The van der Waals surface area contributed by atoms with E-state index < -0.39 is 0 Å². The van der Waals surface area contributed by atoms with Gasteiger partial charge in [-0.2, -0.15) is 5.10 Å². The minimum Gasteiger partial charge on any atom is -0.379 e. The number of H-pyrrole nitrogens is 1. The second-order valence-corrected chi connectivity index (χ2v) is 7.08. The van der Waals surface area contributed by atoms with Crippen molar-refractivity contribution >= 4 is 5.91 Å². The Bertz CT molecular complexity index is 737. The van der Waals surface area contributed by atoms with E-state index in [4.69, 9.17) is 4.74 Å². The topological polar surface area (TPSA) is 58.2 Å². The summed E-state index contributed by atoms with van der Waals surface area (Å²) in [6, 6.07) is 6.63. The molecule has 6 heteroatoms. The fourth-order valence-corrected chi connectivity index (χ4v) is 3.71. The summed E-state index contributed by atoms with van der Waals surface area (Å²) in [4.78, 5) is 14.6. The zero-order valence-corrected chi connectivity index (χ0v) is 15.6. The molecule has 1 aromatic heterocycles.